The number of sulfonamides is 1. The number of esters is 1. The van der Waals surface area contributed by atoms with Crippen LogP contribution in [0, 0.1) is 12.7 Å². The molecular formula is C26H28FNO4S. The molecule has 0 amide bonds. The first kappa shape index (κ1) is 24.6. The first-order valence-corrected chi connectivity index (χ1v) is 12.2. The van der Waals surface area contributed by atoms with E-state index >= 15 is 0 Å². The molecule has 33 heavy (non-hydrogen) atoms. The van der Waals surface area contributed by atoms with Crippen LogP contribution in [0.25, 0.3) is 0 Å². The average molecular weight is 470 g/mol. The molecular weight excluding hydrogens is 441 g/mol. The Kier molecular flexibility index (Phi) is 8.36. The summed E-state index contributed by atoms with van der Waals surface area (Å²) in [4.78, 5) is 11.3. The summed E-state index contributed by atoms with van der Waals surface area (Å²) in [5.74, 6) is -0.729. The molecule has 174 valence electrons. The standard InChI is InChI=1S/C26H28FNO4S/c1-19-6-8-21(9-7-19)18-25(28-33(30,31)24-16-14-23(27)15-17-24)22-12-10-20(11-13-22)4-3-5-26(29)32-2/h6-17,25,28H,3-5,18H2,1-2H3. The Morgan fingerprint density at radius 2 is 1.55 bits per heavy atom. The Bertz CT molecular complexity index is 1160. The number of methoxy groups -OCH3 is 1. The fourth-order valence-electron chi connectivity index (χ4n) is 3.51. The number of carbonyl (C=O) groups excluding carboxylic acids is 1. The van der Waals surface area contributed by atoms with Crippen LogP contribution in [0.1, 0.15) is 41.1 Å². The van der Waals surface area contributed by atoms with Gasteiger partial charge in [0.05, 0.1) is 18.0 Å². The van der Waals surface area contributed by atoms with Crippen molar-refractivity contribution in [3.8, 4) is 0 Å². The molecule has 0 heterocycles. The SMILES string of the molecule is COC(=O)CCCc1ccc(C(Cc2ccc(C)cc2)NS(=O)(=O)c2ccc(F)cc2)cc1. The second-order valence-corrected chi connectivity index (χ2v) is 9.70. The van der Waals surface area contributed by atoms with Gasteiger partial charge >= 0.3 is 5.97 Å². The van der Waals surface area contributed by atoms with Gasteiger partial charge in [-0.3, -0.25) is 4.79 Å². The third-order valence-electron chi connectivity index (χ3n) is 5.44. The Balaban J connectivity index is 1.81. The molecule has 1 atom stereocenters. The van der Waals surface area contributed by atoms with Gasteiger partial charge in [-0.15, -0.1) is 0 Å². The Morgan fingerprint density at radius 3 is 2.15 bits per heavy atom. The fourth-order valence-corrected chi connectivity index (χ4v) is 4.74. The highest BCUT2D eigenvalue weighted by Crippen LogP contribution is 2.23. The Labute approximate surface area is 194 Å². The van der Waals surface area contributed by atoms with E-state index in [0.717, 1.165) is 40.8 Å². The molecule has 0 aliphatic heterocycles. The van der Waals surface area contributed by atoms with E-state index in [1.807, 2.05) is 55.5 Å². The van der Waals surface area contributed by atoms with Gasteiger partial charge in [-0.05, 0) is 67.1 Å². The molecule has 3 aromatic rings. The molecule has 0 spiro atoms. The molecule has 0 saturated heterocycles. The van der Waals surface area contributed by atoms with Gasteiger partial charge in [0.1, 0.15) is 5.82 Å². The zero-order chi connectivity index (χ0) is 23.8. The predicted molar refractivity (Wildman–Crippen MR) is 126 cm³/mol. The average Bonchev–Trinajstić information content (AvgIpc) is 2.80. The summed E-state index contributed by atoms with van der Waals surface area (Å²) in [7, 11) is -2.48. The topological polar surface area (TPSA) is 72.5 Å². The van der Waals surface area contributed by atoms with Gasteiger partial charge < -0.3 is 4.74 Å². The van der Waals surface area contributed by atoms with Crippen molar-refractivity contribution in [3.63, 3.8) is 0 Å². The van der Waals surface area contributed by atoms with Crippen LogP contribution < -0.4 is 4.72 Å². The number of hydrogen-bond donors (Lipinski definition) is 1. The minimum absolute atomic E-state index is 0.0113. The monoisotopic (exact) mass is 469 g/mol. The highest BCUT2D eigenvalue weighted by Gasteiger charge is 2.22. The van der Waals surface area contributed by atoms with Gasteiger partial charge in [-0.1, -0.05) is 54.1 Å². The summed E-state index contributed by atoms with van der Waals surface area (Å²) in [6, 6.07) is 19.9. The molecule has 5 nitrogen and oxygen atoms in total. The molecule has 0 aliphatic carbocycles. The van der Waals surface area contributed by atoms with Gasteiger partial charge in [0.15, 0.2) is 0 Å². The molecule has 0 radical (unpaired) electrons. The smallest absolute Gasteiger partial charge is 0.305 e. The van der Waals surface area contributed by atoms with Crippen molar-refractivity contribution < 1.29 is 22.3 Å². The zero-order valence-electron chi connectivity index (χ0n) is 18.8. The van der Waals surface area contributed by atoms with Gasteiger partial charge in [0, 0.05) is 6.42 Å². The third-order valence-corrected chi connectivity index (χ3v) is 6.93. The highest BCUT2D eigenvalue weighted by atomic mass is 32.2. The van der Waals surface area contributed by atoms with E-state index < -0.39 is 21.9 Å². The van der Waals surface area contributed by atoms with E-state index in [1.54, 1.807) is 0 Å². The number of nitrogens with one attached hydrogen (secondary N) is 1. The summed E-state index contributed by atoms with van der Waals surface area (Å²) in [6.07, 6.45) is 2.21. The van der Waals surface area contributed by atoms with Gasteiger partial charge in [0.25, 0.3) is 0 Å². The molecule has 0 fully saturated rings. The van der Waals surface area contributed by atoms with Crippen LogP contribution in [0.4, 0.5) is 4.39 Å². The minimum Gasteiger partial charge on any atom is -0.469 e. The fraction of sp³-hybridized carbons (Fsp3) is 0.269. The molecule has 1 unspecified atom stereocenters. The van der Waals surface area contributed by atoms with E-state index in [4.69, 9.17) is 0 Å². The summed E-state index contributed by atoms with van der Waals surface area (Å²) < 4.78 is 46.7. The Morgan fingerprint density at radius 1 is 0.939 bits per heavy atom. The van der Waals surface area contributed by atoms with Gasteiger partial charge in [-0.2, -0.15) is 0 Å². The third kappa shape index (κ3) is 7.23. The van der Waals surface area contributed by atoms with Crippen molar-refractivity contribution in [2.75, 3.05) is 7.11 Å². The lowest BCUT2D eigenvalue weighted by Gasteiger charge is -2.20. The van der Waals surface area contributed by atoms with Crippen LogP contribution in [-0.4, -0.2) is 21.5 Å². The molecule has 1 N–H and O–H groups in total. The lowest BCUT2D eigenvalue weighted by molar-refractivity contribution is -0.140. The lowest BCUT2D eigenvalue weighted by atomic mass is 9.97. The summed E-state index contributed by atoms with van der Waals surface area (Å²) in [5, 5.41) is 0. The predicted octanol–water partition coefficient (Wildman–Crippen LogP) is 4.89. The molecule has 3 aromatic carbocycles. The number of rotatable bonds is 10. The maximum atomic E-state index is 13.3. The summed E-state index contributed by atoms with van der Waals surface area (Å²) in [6.45, 7) is 2.00. The number of hydrogen-bond acceptors (Lipinski definition) is 4. The largest absolute Gasteiger partial charge is 0.469 e. The maximum absolute atomic E-state index is 13.3. The number of ether oxygens (including phenoxy) is 1. The van der Waals surface area contributed by atoms with Crippen molar-refractivity contribution in [1.82, 2.24) is 4.72 Å². The molecule has 3 rings (SSSR count). The molecule has 0 aromatic heterocycles. The zero-order valence-corrected chi connectivity index (χ0v) is 19.6. The molecule has 7 heteroatoms. The number of aryl methyl sites for hydroxylation is 2. The second kappa shape index (κ2) is 11.2. The van der Waals surface area contributed by atoms with E-state index in [0.29, 0.717) is 19.3 Å². The first-order valence-electron chi connectivity index (χ1n) is 10.8. The number of benzene rings is 3. The second-order valence-electron chi connectivity index (χ2n) is 7.99. The highest BCUT2D eigenvalue weighted by molar-refractivity contribution is 7.89. The van der Waals surface area contributed by atoms with Crippen LogP contribution in [0.5, 0.6) is 0 Å². The number of halogens is 1. The van der Waals surface area contributed by atoms with Crippen molar-refractivity contribution in [1.29, 1.82) is 0 Å². The molecule has 0 bridgehead atoms. The van der Waals surface area contributed by atoms with E-state index in [-0.39, 0.29) is 10.9 Å². The van der Waals surface area contributed by atoms with E-state index in [2.05, 4.69) is 9.46 Å². The maximum Gasteiger partial charge on any atom is 0.305 e. The number of carbonyl (C=O) groups is 1. The lowest BCUT2D eigenvalue weighted by Crippen LogP contribution is -2.30. The van der Waals surface area contributed by atoms with Crippen molar-refractivity contribution in [3.05, 3.63) is 101 Å². The summed E-state index contributed by atoms with van der Waals surface area (Å²) >= 11 is 0. The van der Waals surface area contributed by atoms with Crippen LogP contribution in [-0.2, 0) is 32.4 Å². The van der Waals surface area contributed by atoms with Crippen LogP contribution in [0.15, 0.2) is 77.7 Å². The first-order chi connectivity index (χ1) is 15.8. The van der Waals surface area contributed by atoms with Crippen LogP contribution in [0.3, 0.4) is 0 Å². The van der Waals surface area contributed by atoms with E-state index in [9.17, 15) is 17.6 Å². The van der Waals surface area contributed by atoms with Gasteiger partial charge in [0.2, 0.25) is 10.0 Å². The van der Waals surface area contributed by atoms with Gasteiger partial charge in [-0.25, -0.2) is 17.5 Å². The Hall–Kier alpha value is -3.03. The van der Waals surface area contributed by atoms with Crippen molar-refractivity contribution >= 4 is 16.0 Å². The quantitative estimate of drug-likeness (QED) is 0.429. The van der Waals surface area contributed by atoms with E-state index in [1.165, 1.54) is 19.2 Å². The van der Waals surface area contributed by atoms with Crippen molar-refractivity contribution in [2.45, 2.75) is 43.5 Å². The van der Waals surface area contributed by atoms with Crippen LogP contribution >= 0.6 is 0 Å². The van der Waals surface area contributed by atoms with Crippen LogP contribution in [0.2, 0.25) is 0 Å². The minimum atomic E-state index is -3.86. The summed E-state index contributed by atoms with van der Waals surface area (Å²) in [5.41, 5.74) is 3.99. The normalized spacial score (nSPS) is 12.3. The van der Waals surface area contributed by atoms with Crippen molar-refractivity contribution in [2.24, 2.45) is 0 Å². The molecule has 0 aliphatic rings. The molecule has 0 saturated carbocycles.